The maximum Gasteiger partial charge on any atom is 0.374 e. The average Bonchev–Trinajstić information content (AvgIpc) is 3.35. The number of ketones is 4. The van der Waals surface area contributed by atoms with Crippen LogP contribution in [0.4, 0.5) is 0 Å². The van der Waals surface area contributed by atoms with Crippen molar-refractivity contribution in [1.29, 1.82) is 0 Å². The number of methoxy groups -OCH3 is 2. The first kappa shape index (κ1) is 24.1. The Bertz CT molecular complexity index is 891. The van der Waals surface area contributed by atoms with E-state index in [4.69, 9.17) is 8.83 Å². The second-order valence-corrected chi connectivity index (χ2v) is 5.53. The minimum atomic E-state index is -1.04. The largest absolute Gasteiger partial charge is 0.463 e. The molecule has 2 aromatic heterocycles. The summed E-state index contributed by atoms with van der Waals surface area (Å²) in [5.74, 6) is -4.37. The van der Waals surface area contributed by atoms with E-state index >= 15 is 0 Å². The Labute approximate surface area is 169 Å². The number of rotatable bonds is 8. The van der Waals surface area contributed by atoms with Gasteiger partial charge in [-0.15, -0.1) is 0 Å². The van der Waals surface area contributed by atoms with Crippen LogP contribution in [0, 0.1) is 13.8 Å². The van der Waals surface area contributed by atoms with Crippen molar-refractivity contribution in [1.82, 2.24) is 9.97 Å². The molecule has 0 spiro atoms. The fourth-order valence-corrected chi connectivity index (χ4v) is 1.83. The summed E-state index contributed by atoms with van der Waals surface area (Å²) in [6.45, 7) is 3.14. The van der Waals surface area contributed by atoms with Crippen LogP contribution in [0.2, 0.25) is 0 Å². The number of carbonyl (C=O) groups is 6. The van der Waals surface area contributed by atoms with Gasteiger partial charge in [0.05, 0.1) is 27.1 Å². The van der Waals surface area contributed by atoms with Gasteiger partial charge in [-0.1, -0.05) is 0 Å². The predicted octanol–water partition coefficient (Wildman–Crippen LogP) is 0.596. The van der Waals surface area contributed by atoms with E-state index in [9.17, 15) is 28.8 Å². The molecule has 2 aromatic rings. The summed E-state index contributed by atoms with van der Waals surface area (Å²) in [7, 11) is 2.15. The lowest BCUT2D eigenvalue weighted by molar-refractivity contribution is -0.151. The Morgan fingerprint density at radius 1 is 0.733 bits per heavy atom. The van der Waals surface area contributed by atoms with E-state index < -0.39 is 47.9 Å². The van der Waals surface area contributed by atoms with Gasteiger partial charge in [0, 0.05) is 13.8 Å². The second-order valence-electron chi connectivity index (χ2n) is 5.53. The molecular weight excluding hydrogens is 404 g/mol. The summed E-state index contributed by atoms with van der Waals surface area (Å²) < 4.78 is 17.9. The minimum Gasteiger partial charge on any atom is -0.463 e. The standard InChI is InChI=1S/2C9H9NO5/c2*1-5-10-6(4-15-5)7(11)3-8(12)9(13)14-2/h2*4H,3H2,1-2H3. The number of aromatic nitrogens is 2. The highest BCUT2D eigenvalue weighted by Crippen LogP contribution is 2.05. The predicted molar refractivity (Wildman–Crippen MR) is 94.4 cm³/mol. The molecular formula is C18H18N2O10. The van der Waals surface area contributed by atoms with Crippen molar-refractivity contribution in [3.63, 3.8) is 0 Å². The van der Waals surface area contributed by atoms with Crippen molar-refractivity contribution < 1.29 is 47.1 Å². The summed E-state index contributed by atoms with van der Waals surface area (Å²) in [5.41, 5.74) is 0.0644. The fourth-order valence-electron chi connectivity index (χ4n) is 1.83. The zero-order chi connectivity index (χ0) is 22.8. The van der Waals surface area contributed by atoms with Crippen molar-refractivity contribution in [2.24, 2.45) is 0 Å². The third-order valence-electron chi connectivity index (χ3n) is 3.28. The molecule has 0 saturated heterocycles. The maximum atomic E-state index is 11.3. The first-order valence-electron chi connectivity index (χ1n) is 8.22. The van der Waals surface area contributed by atoms with E-state index in [-0.39, 0.29) is 11.4 Å². The van der Waals surface area contributed by atoms with E-state index in [1.807, 2.05) is 0 Å². The van der Waals surface area contributed by atoms with Crippen LogP contribution in [-0.4, -0.2) is 59.3 Å². The summed E-state index contributed by atoms with van der Waals surface area (Å²) in [6, 6.07) is 0. The molecule has 0 aliphatic rings. The number of hydrogen-bond acceptors (Lipinski definition) is 12. The Balaban J connectivity index is 0.000000300. The van der Waals surface area contributed by atoms with Crippen LogP contribution in [0.1, 0.15) is 45.6 Å². The molecule has 2 rings (SSSR count). The molecule has 0 N–H and O–H groups in total. The highest BCUT2D eigenvalue weighted by atomic mass is 16.5. The molecule has 0 aliphatic carbocycles. The first-order valence-corrected chi connectivity index (χ1v) is 8.22. The van der Waals surface area contributed by atoms with Crippen molar-refractivity contribution in [2.75, 3.05) is 14.2 Å². The van der Waals surface area contributed by atoms with Gasteiger partial charge in [0.2, 0.25) is 11.6 Å². The number of oxazole rings is 2. The van der Waals surface area contributed by atoms with Crippen molar-refractivity contribution in [3.8, 4) is 0 Å². The van der Waals surface area contributed by atoms with E-state index in [1.165, 1.54) is 0 Å². The SMILES string of the molecule is COC(=O)C(=O)CC(=O)c1coc(C)n1.COC(=O)C(=O)CC(=O)c1coc(C)n1. The van der Waals surface area contributed by atoms with Crippen molar-refractivity contribution in [2.45, 2.75) is 26.7 Å². The smallest absolute Gasteiger partial charge is 0.374 e. The van der Waals surface area contributed by atoms with Gasteiger partial charge in [-0.25, -0.2) is 19.6 Å². The summed E-state index contributed by atoms with van der Waals surface area (Å²) in [5, 5.41) is 0. The third-order valence-corrected chi connectivity index (χ3v) is 3.28. The molecule has 30 heavy (non-hydrogen) atoms. The van der Waals surface area contributed by atoms with Gasteiger partial charge >= 0.3 is 11.9 Å². The van der Waals surface area contributed by atoms with Crippen LogP contribution in [0.5, 0.6) is 0 Å². The van der Waals surface area contributed by atoms with Gasteiger partial charge in [-0.2, -0.15) is 0 Å². The maximum absolute atomic E-state index is 11.3. The van der Waals surface area contributed by atoms with E-state index in [1.54, 1.807) is 13.8 Å². The Morgan fingerprint density at radius 3 is 1.30 bits per heavy atom. The Morgan fingerprint density at radius 2 is 1.07 bits per heavy atom. The van der Waals surface area contributed by atoms with Gasteiger partial charge in [-0.05, 0) is 0 Å². The van der Waals surface area contributed by atoms with Crippen LogP contribution < -0.4 is 0 Å². The fraction of sp³-hybridized carbons (Fsp3) is 0.333. The lowest BCUT2D eigenvalue weighted by atomic mass is 10.1. The topological polar surface area (TPSA) is 173 Å². The molecule has 0 unspecified atom stereocenters. The molecule has 160 valence electrons. The van der Waals surface area contributed by atoms with E-state index in [0.717, 1.165) is 26.7 Å². The van der Waals surface area contributed by atoms with Gasteiger partial charge in [0.1, 0.15) is 23.9 Å². The Kier molecular flexibility index (Phi) is 8.94. The monoisotopic (exact) mass is 422 g/mol. The summed E-state index contributed by atoms with van der Waals surface area (Å²) >= 11 is 0. The van der Waals surface area contributed by atoms with E-state index in [2.05, 4.69) is 19.4 Å². The van der Waals surface area contributed by atoms with Crippen molar-refractivity contribution >= 4 is 35.1 Å². The Hall–Kier alpha value is -3.96. The number of esters is 2. The van der Waals surface area contributed by atoms with Gasteiger partial charge in [0.15, 0.2) is 23.3 Å². The van der Waals surface area contributed by atoms with Crippen LogP contribution in [0.3, 0.4) is 0 Å². The van der Waals surface area contributed by atoms with E-state index in [0.29, 0.717) is 11.8 Å². The molecule has 0 aromatic carbocycles. The number of aryl methyl sites for hydroxylation is 2. The molecule has 0 saturated carbocycles. The molecule has 0 fully saturated rings. The lowest BCUT2D eigenvalue weighted by Crippen LogP contribution is -2.19. The second kappa shape index (κ2) is 11.1. The normalized spacial score (nSPS) is 9.73. The average molecular weight is 422 g/mol. The van der Waals surface area contributed by atoms with Crippen LogP contribution >= 0.6 is 0 Å². The molecule has 0 amide bonds. The quantitative estimate of drug-likeness (QED) is 0.251. The number of carbonyl (C=O) groups excluding carboxylic acids is 6. The zero-order valence-electron chi connectivity index (χ0n) is 16.5. The molecule has 0 bridgehead atoms. The molecule has 12 nitrogen and oxygen atoms in total. The number of hydrogen-bond donors (Lipinski definition) is 0. The number of Topliss-reactive ketones (excluding diaryl/α,β-unsaturated/α-hetero) is 4. The zero-order valence-corrected chi connectivity index (χ0v) is 16.5. The van der Waals surface area contributed by atoms with Crippen LogP contribution in [0.25, 0.3) is 0 Å². The first-order chi connectivity index (χ1) is 14.1. The number of nitrogens with zero attached hydrogens (tertiary/aromatic N) is 2. The lowest BCUT2D eigenvalue weighted by Gasteiger charge is -1.95. The molecule has 0 aliphatic heterocycles. The van der Waals surface area contributed by atoms with Crippen molar-refractivity contribution in [3.05, 3.63) is 35.7 Å². The highest BCUT2D eigenvalue weighted by Gasteiger charge is 2.22. The molecule has 12 heteroatoms. The third kappa shape index (κ3) is 7.22. The van der Waals surface area contributed by atoms with Gasteiger partial charge in [-0.3, -0.25) is 19.2 Å². The molecule has 2 heterocycles. The summed E-state index contributed by atoms with van der Waals surface area (Å²) in [4.78, 5) is 73.6. The minimum absolute atomic E-state index is 0.0322. The van der Waals surface area contributed by atoms with Gasteiger partial charge < -0.3 is 18.3 Å². The highest BCUT2D eigenvalue weighted by molar-refractivity contribution is 6.38. The van der Waals surface area contributed by atoms with Gasteiger partial charge in [0.25, 0.3) is 0 Å². The van der Waals surface area contributed by atoms with Crippen LogP contribution in [-0.2, 0) is 28.7 Å². The number of ether oxygens (including phenoxy) is 2. The molecule has 0 atom stereocenters. The summed E-state index contributed by atoms with van der Waals surface area (Å²) in [6.07, 6.45) is 1.17. The van der Waals surface area contributed by atoms with Crippen LogP contribution in [0.15, 0.2) is 21.4 Å². The molecule has 0 radical (unpaired) electrons.